The van der Waals surface area contributed by atoms with Crippen LogP contribution >= 0.6 is 0 Å². The number of halogens is 3. The molecule has 1 nitrogen and oxygen atoms in total. The van der Waals surface area contributed by atoms with Crippen LogP contribution in [-0.2, 0) is 6.42 Å². The van der Waals surface area contributed by atoms with Gasteiger partial charge in [-0.15, -0.1) is 0 Å². The molecule has 1 aromatic carbocycles. The molecule has 0 aliphatic heterocycles. The van der Waals surface area contributed by atoms with Crippen molar-refractivity contribution in [3.8, 4) is 5.75 Å². The first-order valence-electron chi connectivity index (χ1n) is 6.65. The van der Waals surface area contributed by atoms with E-state index in [2.05, 4.69) is 0 Å². The lowest BCUT2D eigenvalue weighted by atomic mass is 9.94. The lowest BCUT2D eigenvalue weighted by Crippen LogP contribution is -2.24. The molecule has 0 fully saturated rings. The van der Waals surface area contributed by atoms with E-state index in [9.17, 15) is 13.2 Å². The van der Waals surface area contributed by atoms with Crippen LogP contribution in [0.4, 0.5) is 13.2 Å². The highest BCUT2D eigenvalue weighted by Crippen LogP contribution is 2.32. The van der Waals surface area contributed by atoms with Crippen LogP contribution in [0.25, 0.3) is 0 Å². The summed E-state index contributed by atoms with van der Waals surface area (Å²) >= 11 is 0. The average molecular weight is 274 g/mol. The van der Waals surface area contributed by atoms with Crippen molar-refractivity contribution in [3.05, 3.63) is 29.8 Å². The Morgan fingerprint density at radius 3 is 2.11 bits per heavy atom. The zero-order valence-electron chi connectivity index (χ0n) is 11.6. The van der Waals surface area contributed by atoms with Gasteiger partial charge in [-0.1, -0.05) is 25.5 Å². The first-order valence-corrected chi connectivity index (χ1v) is 6.65. The Bertz CT molecular complexity index is 368. The molecule has 0 radical (unpaired) electrons. The maximum absolute atomic E-state index is 12.8. The summed E-state index contributed by atoms with van der Waals surface area (Å²) in [5.74, 6) is -0.563. The van der Waals surface area contributed by atoms with Gasteiger partial charge in [-0.3, -0.25) is 0 Å². The minimum absolute atomic E-state index is 0.0410. The molecule has 0 heterocycles. The minimum atomic E-state index is -4.12. The van der Waals surface area contributed by atoms with Crippen LogP contribution in [0.5, 0.6) is 5.75 Å². The molecule has 0 saturated carbocycles. The number of alkyl halides is 3. The lowest BCUT2D eigenvalue weighted by Gasteiger charge is -2.20. The van der Waals surface area contributed by atoms with Crippen LogP contribution in [0.1, 0.15) is 39.2 Å². The van der Waals surface area contributed by atoms with E-state index < -0.39 is 12.1 Å². The Morgan fingerprint density at radius 2 is 1.68 bits per heavy atom. The highest BCUT2D eigenvalue weighted by molar-refractivity contribution is 5.27. The summed E-state index contributed by atoms with van der Waals surface area (Å²) < 4.78 is 43.9. The fraction of sp³-hybridized carbons (Fsp3) is 0.600. The topological polar surface area (TPSA) is 9.23 Å². The van der Waals surface area contributed by atoms with Gasteiger partial charge in [-0.25, -0.2) is 0 Å². The van der Waals surface area contributed by atoms with Crippen molar-refractivity contribution in [1.82, 2.24) is 0 Å². The number of rotatable bonds is 6. The molecule has 0 aliphatic rings. The van der Waals surface area contributed by atoms with Gasteiger partial charge >= 0.3 is 6.18 Å². The first kappa shape index (κ1) is 15.9. The molecule has 0 bridgehead atoms. The molecule has 0 spiro atoms. The number of hydrogen-bond acceptors (Lipinski definition) is 1. The maximum Gasteiger partial charge on any atom is 0.392 e. The molecule has 1 aromatic rings. The molecule has 1 unspecified atom stereocenters. The molecule has 1 rings (SSSR count). The SMILES string of the molecule is CCCC(Cc1ccc(OC(C)C)cc1)C(F)(F)F. The molecule has 108 valence electrons. The Kier molecular flexibility index (Phi) is 5.70. The van der Waals surface area contributed by atoms with Crippen molar-refractivity contribution < 1.29 is 17.9 Å². The van der Waals surface area contributed by atoms with Crippen molar-refractivity contribution in [2.24, 2.45) is 5.92 Å². The number of ether oxygens (including phenoxy) is 1. The quantitative estimate of drug-likeness (QED) is 0.709. The summed E-state index contributed by atoms with van der Waals surface area (Å²) in [5.41, 5.74) is 0.701. The van der Waals surface area contributed by atoms with Gasteiger partial charge < -0.3 is 4.74 Å². The van der Waals surface area contributed by atoms with Crippen LogP contribution in [0.3, 0.4) is 0 Å². The summed E-state index contributed by atoms with van der Waals surface area (Å²) in [6.45, 7) is 5.60. The fourth-order valence-electron chi connectivity index (χ4n) is 1.99. The van der Waals surface area contributed by atoms with Crippen molar-refractivity contribution in [2.45, 2.75) is 52.3 Å². The van der Waals surface area contributed by atoms with Crippen LogP contribution < -0.4 is 4.74 Å². The van der Waals surface area contributed by atoms with E-state index in [0.29, 0.717) is 17.7 Å². The summed E-state index contributed by atoms with van der Waals surface area (Å²) in [4.78, 5) is 0. The standard InChI is InChI=1S/C15H21F3O/c1-4-5-13(15(16,17)18)10-12-6-8-14(9-7-12)19-11(2)3/h6-9,11,13H,4-5,10H2,1-3H3. The summed E-state index contributed by atoms with van der Waals surface area (Å²) in [6, 6.07) is 6.89. The van der Waals surface area contributed by atoms with Gasteiger partial charge in [0.05, 0.1) is 12.0 Å². The van der Waals surface area contributed by atoms with E-state index in [0.717, 1.165) is 0 Å². The summed E-state index contributed by atoms with van der Waals surface area (Å²) in [7, 11) is 0. The van der Waals surface area contributed by atoms with Crippen molar-refractivity contribution in [1.29, 1.82) is 0 Å². The Labute approximate surface area is 112 Å². The first-order chi connectivity index (χ1) is 8.82. The molecule has 0 aromatic heterocycles. The third-order valence-electron chi connectivity index (χ3n) is 2.88. The second-order valence-electron chi connectivity index (χ2n) is 5.04. The van der Waals surface area contributed by atoms with Crippen molar-refractivity contribution >= 4 is 0 Å². The van der Waals surface area contributed by atoms with Gasteiger partial charge in [-0.05, 0) is 44.4 Å². The zero-order chi connectivity index (χ0) is 14.5. The second-order valence-corrected chi connectivity index (χ2v) is 5.04. The highest BCUT2D eigenvalue weighted by atomic mass is 19.4. The van der Waals surface area contributed by atoms with Crippen LogP contribution in [0.2, 0.25) is 0 Å². The van der Waals surface area contributed by atoms with Gasteiger partial charge in [-0.2, -0.15) is 13.2 Å². The van der Waals surface area contributed by atoms with Crippen LogP contribution in [0.15, 0.2) is 24.3 Å². The van der Waals surface area contributed by atoms with Crippen molar-refractivity contribution in [3.63, 3.8) is 0 Å². The second kappa shape index (κ2) is 6.83. The van der Waals surface area contributed by atoms with Gasteiger partial charge in [0.15, 0.2) is 0 Å². The average Bonchev–Trinajstić information content (AvgIpc) is 2.29. The van der Waals surface area contributed by atoms with Gasteiger partial charge in [0.25, 0.3) is 0 Å². The Morgan fingerprint density at radius 1 is 1.11 bits per heavy atom. The van der Waals surface area contributed by atoms with Gasteiger partial charge in [0, 0.05) is 0 Å². The molecule has 0 aliphatic carbocycles. The molecular formula is C15H21F3O. The predicted octanol–water partition coefficient (Wildman–Crippen LogP) is 4.99. The normalized spacial score (nSPS) is 13.6. The molecule has 1 atom stereocenters. The fourth-order valence-corrected chi connectivity index (χ4v) is 1.99. The summed E-state index contributed by atoms with van der Waals surface area (Å²) in [6.07, 6.45) is -3.30. The Hall–Kier alpha value is -1.19. The highest BCUT2D eigenvalue weighted by Gasteiger charge is 2.38. The van der Waals surface area contributed by atoms with Gasteiger partial charge in [0.2, 0.25) is 0 Å². The van der Waals surface area contributed by atoms with Crippen LogP contribution in [-0.4, -0.2) is 12.3 Å². The monoisotopic (exact) mass is 274 g/mol. The molecule has 0 amide bonds. The molecule has 0 saturated heterocycles. The molecular weight excluding hydrogens is 253 g/mol. The third-order valence-corrected chi connectivity index (χ3v) is 2.88. The van der Waals surface area contributed by atoms with E-state index in [-0.39, 0.29) is 18.9 Å². The van der Waals surface area contributed by atoms with E-state index >= 15 is 0 Å². The van der Waals surface area contributed by atoms with Crippen molar-refractivity contribution in [2.75, 3.05) is 0 Å². The molecule has 19 heavy (non-hydrogen) atoms. The molecule has 4 heteroatoms. The Balaban J connectivity index is 2.69. The van der Waals surface area contributed by atoms with E-state index in [1.54, 1.807) is 31.2 Å². The zero-order valence-corrected chi connectivity index (χ0v) is 11.6. The van der Waals surface area contributed by atoms with Crippen LogP contribution in [0, 0.1) is 5.92 Å². The van der Waals surface area contributed by atoms with E-state index in [1.165, 1.54) is 0 Å². The van der Waals surface area contributed by atoms with Gasteiger partial charge in [0.1, 0.15) is 5.75 Å². The predicted molar refractivity (Wildman–Crippen MR) is 70.4 cm³/mol. The maximum atomic E-state index is 12.8. The van der Waals surface area contributed by atoms with E-state index in [1.807, 2.05) is 13.8 Å². The largest absolute Gasteiger partial charge is 0.491 e. The smallest absolute Gasteiger partial charge is 0.392 e. The lowest BCUT2D eigenvalue weighted by molar-refractivity contribution is -0.176. The van der Waals surface area contributed by atoms with E-state index in [4.69, 9.17) is 4.74 Å². The summed E-state index contributed by atoms with van der Waals surface area (Å²) in [5, 5.41) is 0. The number of hydrogen-bond donors (Lipinski definition) is 0. The molecule has 0 N–H and O–H groups in total. The minimum Gasteiger partial charge on any atom is -0.491 e. The number of benzene rings is 1. The third kappa shape index (κ3) is 5.53.